The Morgan fingerprint density at radius 2 is 1.85 bits per heavy atom. The largest absolute Gasteiger partial charge is 0.260 e. The maximum Gasteiger partial charge on any atom is 0.0838 e. The van der Waals surface area contributed by atoms with Gasteiger partial charge in [-0.2, -0.15) is 0 Å². The summed E-state index contributed by atoms with van der Waals surface area (Å²) in [5, 5.41) is 0. The lowest BCUT2D eigenvalue weighted by Gasteiger charge is -1.98. The SMILES string of the molecule is CC.CC=Nc1ccc(C)nc1C. The second-order valence-corrected chi connectivity index (χ2v) is 2.44. The van der Waals surface area contributed by atoms with Crippen LogP contribution in [0.5, 0.6) is 0 Å². The predicted molar refractivity (Wildman–Crippen MR) is 58.9 cm³/mol. The Labute approximate surface area is 80.7 Å². The van der Waals surface area contributed by atoms with Crippen molar-refractivity contribution in [1.29, 1.82) is 0 Å². The first-order valence-corrected chi connectivity index (χ1v) is 4.67. The average molecular weight is 178 g/mol. The Morgan fingerprint density at radius 3 is 2.31 bits per heavy atom. The molecule has 72 valence electrons. The maximum atomic E-state index is 4.28. The highest BCUT2D eigenvalue weighted by molar-refractivity contribution is 5.61. The van der Waals surface area contributed by atoms with Gasteiger partial charge in [-0.05, 0) is 32.9 Å². The van der Waals surface area contributed by atoms with E-state index >= 15 is 0 Å². The third kappa shape index (κ3) is 3.83. The van der Waals surface area contributed by atoms with Crippen molar-refractivity contribution in [3.63, 3.8) is 0 Å². The van der Waals surface area contributed by atoms with Crippen molar-refractivity contribution >= 4 is 11.9 Å². The van der Waals surface area contributed by atoms with Gasteiger partial charge in [-0.1, -0.05) is 13.8 Å². The van der Waals surface area contributed by atoms with E-state index in [1.54, 1.807) is 6.21 Å². The number of nitrogens with zero attached hydrogens (tertiary/aromatic N) is 2. The molecule has 0 saturated carbocycles. The quantitative estimate of drug-likeness (QED) is 0.605. The van der Waals surface area contributed by atoms with E-state index in [-0.39, 0.29) is 0 Å². The zero-order valence-corrected chi connectivity index (χ0v) is 9.13. The van der Waals surface area contributed by atoms with Crippen LogP contribution in [-0.2, 0) is 0 Å². The van der Waals surface area contributed by atoms with Crippen molar-refractivity contribution in [2.45, 2.75) is 34.6 Å². The van der Waals surface area contributed by atoms with Crippen LogP contribution in [0.3, 0.4) is 0 Å². The molecule has 0 amide bonds. The number of hydrogen-bond acceptors (Lipinski definition) is 2. The zero-order valence-electron chi connectivity index (χ0n) is 9.13. The van der Waals surface area contributed by atoms with E-state index in [9.17, 15) is 0 Å². The van der Waals surface area contributed by atoms with Gasteiger partial charge in [0, 0.05) is 11.9 Å². The van der Waals surface area contributed by atoms with Crippen LogP contribution in [0.1, 0.15) is 32.2 Å². The molecular weight excluding hydrogens is 160 g/mol. The third-order valence-corrected chi connectivity index (χ3v) is 1.47. The number of rotatable bonds is 1. The molecule has 0 bridgehead atoms. The van der Waals surface area contributed by atoms with E-state index in [4.69, 9.17) is 0 Å². The van der Waals surface area contributed by atoms with Gasteiger partial charge < -0.3 is 0 Å². The monoisotopic (exact) mass is 178 g/mol. The highest BCUT2D eigenvalue weighted by Gasteiger charge is 1.94. The van der Waals surface area contributed by atoms with Gasteiger partial charge in [0.2, 0.25) is 0 Å². The molecule has 0 spiro atoms. The van der Waals surface area contributed by atoms with Gasteiger partial charge in [-0.15, -0.1) is 0 Å². The maximum absolute atomic E-state index is 4.28. The van der Waals surface area contributed by atoms with Crippen LogP contribution in [0, 0.1) is 13.8 Å². The summed E-state index contributed by atoms with van der Waals surface area (Å²) in [6.07, 6.45) is 1.78. The van der Waals surface area contributed by atoms with Crippen molar-refractivity contribution < 1.29 is 0 Å². The molecule has 13 heavy (non-hydrogen) atoms. The smallest absolute Gasteiger partial charge is 0.0838 e. The minimum Gasteiger partial charge on any atom is -0.260 e. The molecule has 1 aromatic heterocycles. The fourth-order valence-electron chi connectivity index (χ4n) is 0.955. The fourth-order valence-corrected chi connectivity index (χ4v) is 0.955. The van der Waals surface area contributed by atoms with E-state index in [1.807, 2.05) is 46.8 Å². The van der Waals surface area contributed by atoms with Crippen LogP contribution < -0.4 is 0 Å². The van der Waals surface area contributed by atoms with E-state index in [0.29, 0.717) is 0 Å². The summed E-state index contributed by atoms with van der Waals surface area (Å²) >= 11 is 0. The van der Waals surface area contributed by atoms with E-state index < -0.39 is 0 Å². The van der Waals surface area contributed by atoms with Crippen molar-refractivity contribution in [2.24, 2.45) is 4.99 Å². The molecule has 1 aromatic rings. The second-order valence-electron chi connectivity index (χ2n) is 2.44. The average Bonchev–Trinajstić information content (AvgIpc) is 2.14. The third-order valence-electron chi connectivity index (χ3n) is 1.47. The van der Waals surface area contributed by atoms with Crippen LogP contribution in [0.4, 0.5) is 5.69 Å². The Kier molecular flexibility index (Phi) is 5.77. The molecule has 2 nitrogen and oxygen atoms in total. The lowest BCUT2D eigenvalue weighted by atomic mass is 10.3. The first-order chi connectivity index (χ1) is 6.24. The Balaban J connectivity index is 0.000000671. The van der Waals surface area contributed by atoms with Gasteiger partial charge in [0.15, 0.2) is 0 Å². The van der Waals surface area contributed by atoms with Crippen LogP contribution >= 0.6 is 0 Å². The van der Waals surface area contributed by atoms with Crippen molar-refractivity contribution in [1.82, 2.24) is 4.98 Å². The molecule has 2 heteroatoms. The summed E-state index contributed by atoms with van der Waals surface area (Å²) in [5.41, 5.74) is 2.98. The van der Waals surface area contributed by atoms with Gasteiger partial charge in [0.1, 0.15) is 0 Å². The molecular formula is C11H18N2. The summed E-state index contributed by atoms with van der Waals surface area (Å²) in [6.45, 7) is 9.85. The minimum absolute atomic E-state index is 0.957. The molecule has 0 N–H and O–H groups in total. The molecule has 0 atom stereocenters. The van der Waals surface area contributed by atoms with E-state index in [2.05, 4.69) is 9.98 Å². The first-order valence-electron chi connectivity index (χ1n) is 4.67. The number of aliphatic imine (C=N–C) groups is 1. The number of pyridine rings is 1. The lowest BCUT2D eigenvalue weighted by Crippen LogP contribution is -1.84. The van der Waals surface area contributed by atoms with Crippen molar-refractivity contribution in [3.8, 4) is 0 Å². The van der Waals surface area contributed by atoms with Crippen LogP contribution in [0.15, 0.2) is 17.1 Å². The normalized spacial score (nSPS) is 9.62. The topological polar surface area (TPSA) is 25.2 Å². The summed E-state index contributed by atoms with van der Waals surface area (Å²) in [7, 11) is 0. The molecule has 0 aliphatic heterocycles. The van der Waals surface area contributed by atoms with Crippen molar-refractivity contribution in [3.05, 3.63) is 23.5 Å². The summed E-state index contributed by atoms with van der Waals surface area (Å²) in [5.74, 6) is 0. The number of aryl methyl sites for hydroxylation is 2. The van der Waals surface area contributed by atoms with Gasteiger partial charge in [-0.3, -0.25) is 9.98 Å². The summed E-state index contributed by atoms with van der Waals surface area (Å²) in [4.78, 5) is 8.44. The van der Waals surface area contributed by atoms with E-state index in [1.165, 1.54) is 0 Å². The van der Waals surface area contributed by atoms with Gasteiger partial charge in [0.05, 0.1) is 11.4 Å². The second kappa shape index (κ2) is 6.35. The summed E-state index contributed by atoms with van der Waals surface area (Å²) in [6, 6.07) is 3.95. The fraction of sp³-hybridized carbons (Fsp3) is 0.455. The standard InChI is InChI=1S/C9H12N2.C2H6/c1-4-10-9-6-5-7(2)11-8(9)3;1-2/h4-6H,1-3H3;1-2H3. The molecule has 0 radical (unpaired) electrons. The van der Waals surface area contributed by atoms with Crippen LogP contribution in [0.2, 0.25) is 0 Å². The molecule has 0 aromatic carbocycles. The highest BCUT2D eigenvalue weighted by Crippen LogP contribution is 2.15. The molecule has 0 fully saturated rings. The molecule has 0 saturated heterocycles. The molecule has 1 heterocycles. The minimum atomic E-state index is 0.957. The predicted octanol–water partition coefficient (Wildman–Crippen LogP) is 3.45. The van der Waals surface area contributed by atoms with Crippen molar-refractivity contribution in [2.75, 3.05) is 0 Å². The first kappa shape index (κ1) is 11.8. The van der Waals surface area contributed by atoms with E-state index in [0.717, 1.165) is 17.1 Å². The number of aromatic nitrogens is 1. The molecule has 0 aliphatic rings. The lowest BCUT2D eigenvalue weighted by molar-refractivity contribution is 1.12. The Hall–Kier alpha value is -1.18. The highest BCUT2D eigenvalue weighted by atomic mass is 14.8. The Morgan fingerprint density at radius 1 is 1.23 bits per heavy atom. The zero-order chi connectivity index (χ0) is 10.3. The van der Waals surface area contributed by atoms with Gasteiger partial charge >= 0.3 is 0 Å². The number of hydrogen-bond donors (Lipinski definition) is 0. The summed E-state index contributed by atoms with van der Waals surface area (Å²) < 4.78 is 0. The van der Waals surface area contributed by atoms with Crippen LogP contribution in [0.25, 0.3) is 0 Å². The molecule has 0 aliphatic carbocycles. The van der Waals surface area contributed by atoms with Gasteiger partial charge in [0.25, 0.3) is 0 Å². The molecule has 1 rings (SSSR count). The Bertz CT molecular complexity index is 277. The van der Waals surface area contributed by atoms with Gasteiger partial charge in [-0.25, -0.2) is 0 Å². The molecule has 0 unspecified atom stereocenters. The van der Waals surface area contributed by atoms with Crippen LogP contribution in [-0.4, -0.2) is 11.2 Å².